The Balaban J connectivity index is 2.35. The van der Waals surface area contributed by atoms with Gasteiger partial charge in [-0.1, -0.05) is 21.4 Å². The Kier molecular flexibility index (Phi) is 6.01. The van der Waals surface area contributed by atoms with Crippen LogP contribution < -0.4 is 20.1 Å². The molecule has 0 saturated carbocycles. The van der Waals surface area contributed by atoms with Crippen LogP contribution in [0.5, 0.6) is 17.2 Å². The SMILES string of the molecule is COc1ccc(C(ON)c2ccc(OCP)cc2)c(OC)c1. The number of hydrogen-bond acceptors (Lipinski definition) is 5. The van der Waals surface area contributed by atoms with Crippen molar-refractivity contribution in [3.63, 3.8) is 0 Å². The van der Waals surface area contributed by atoms with E-state index in [9.17, 15) is 0 Å². The van der Waals surface area contributed by atoms with Gasteiger partial charge in [0, 0.05) is 11.6 Å². The highest BCUT2D eigenvalue weighted by Crippen LogP contribution is 2.35. The van der Waals surface area contributed by atoms with Gasteiger partial charge in [-0.25, -0.2) is 5.90 Å². The molecule has 0 spiro atoms. The average molecular weight is 321 g/mol. The van der Waals surface area contributed by atoms with Crippen molar-refractivity contribution in [3.8, 4) is 17.2 Å². The van der Waals surface area contributed by atoms with E-state index in [1.54, 1.807) is 20.3 Å². The van der Waals surface area contributed by atoms with E-state index in [1.165, 1.54) is 0 Å². The van der Waals surface area contributed by atoms with E-state index in [0.717, 1.165) is 16.9 Å². The summed E-state index contributed by atoms with van der Waals surface area (Å²) in [6, 6.07) is 13.1. The van der Waals surface area contributed by atoms with E-state index in [0.29, 0.717) is 17.8 Å². The summed E-state index contributed by atoms with van der Waals surface area (Å²) in [6.45, 7) is 0. The van der Waals surface area contributed by atoms with E-state index < -0.39 is 6.10 Å². The predicted molar refractivity (Wildman–Crippen MR) is 88.3 cm³/mol. The van der Waals surface area contributed by atoms with Gasteiger partial charge in [0.1, 0.15) is 29.7 Å². The van der Waals surface area contributed by atoms with Crippen LogP contribution in [0.25, 0.3) is 0 Å². The van der Waals surface area contributed by atoms with Crippen molar-refractivity contribution >= 4 is 9.24 Å². The van der Waals surface area contributed by atoms with Gasteiger partial charge < -0.3 is 14.2 Å². The van der Waals surface area contributed by atoms with Crippen LogP contribution in [0.4, 0.5) is 0 Å². The molecule has 2 atom stereocenters. The van der Waals surface area contributed by atoms with Crippen molar-refractivity contribution in [2.45, 2.75) is 6.10 Å². The second-order valence-electron chi connectivity index (χ2n) is 4.50. The number of hydrogen-bond donors (Lipinski definition) is 1. The third-order valence-electron chi connectivity index (χ3n) is 3.29. The monoisotopic (exact) mass is 321 g/mol. The third-order valence-corrected chi connectivity index (χ3v) is 3.46. The molecular formula is C16H20NO4P. The number of rotatable bonds is 7. The topological polar surface area (TPSA) is 62.9 Å². The van der Waals surface area contributed by atoms with Crippen LogP contribution in [-0.4, -0.2) is 20.6 Å². The molecule has 2 aromatic carbocycles. The van der Waals surface area contributed by atoms with Crippen LogP contribution in [0.2, 0.25) is 0 Å². The third kappa shape index (κ3) is 3.69. The maximum Gasteiger partial charge on any atom is 0.132 e. The number of methoxy groups -OCH3 is 2. The van der Waals surface area contributed by atoms with E-state index in [-0.39, 0.29) is 0 Å². The first-order chi connectivity index (χ1) is 10.7. The zero-order valence-electron chi connectivity index (χ0n) is 12.6. The molecule has 0 radical (unpaired) electrons. The fraction of sp³-hybridized carbons (Fsp3) is 0.250. The van der Waals surface area contributed by atoms with Gasteiger partial charge in [0.25, 0.3) is 0 Å². The molecule has 0 aliphatic rings. The van der Waals surface area contributed by atoms with Crippen LogP contribution in [0.15, 0.2) is 42.5 Å². The molecule has 0 heterocycles. The highest BCUT2D eigenvalue weighted by atomic mass is 31.0. The maximum absolute atomic E-state index is 5.51. The lowest BCUT2D eigenvalue weighted by Crippen LogP contribution is -2.12. The summed E-state index contributed by atoms with van der Waals surface area (Å²) in [5.74, 6) is 7.66. The fourth-order valence-corrected chi connectivity index (χ4v) is 2.39. The Bertz CT molecular complexity index is 604. The summed E-state index contributed by atoms with van der Waals surface area (Å²) in [5.41, 5.74) is 1.73. The minimum Gasteiger partial charge on any atom is -0.497 e. The van der Waals surface area contributed by atoms with Crippen molar-refractivity contribution in [2.24, 2.45) is 5.90 Å². The normalized spacial score (nSPS) is 11.8. The lowest BCUT2D eigenvalue weighted by atomic mass is 10.00. The molecule has 2 aromatic rings. The van der Waals surface area contributed by atoms with Crippen LogP contribution in [0, 0.1) is 0 Å². The molecule has 5 nitrogen and oxygen atoms in total. The first-order valence-corrected chi connectivity index (χ1v) is 7.55. The molecule has 0 saturated heterocycles. The number of ether oxygens (including phenoxy) is 3. The van der Waals surface area contributed by atoms with E-state index >= 15 is 0 Å². The summed E-state index contributed by atoms with van der Waals surface area (Å²) >= 11 is 0. The molecule has 0 aromatic heterocycles. The van der Waals surface area contributed by atoms with E-state index in [1.807, 2.05) is 36.4 Å². The Morgan fingerprint density at radius 2 is 1.68 bits per heavy atom. The minimum absolute atomic E-state index is 0.439. The van der Waals surface area contributed by atoms with Gasteiger partial charge >= 0.3 is 0 Å². The van der Waals surface area contributed by atoms with E-state index in [2.05, 4.69) is 9.24 Å². The predicted octanol–water partition coefficient (Wildman–Crippen LogP) is 2.89. The van der Waals surface area contributed by atoms with Crippen LogP contribution in [0.1, 0.15) is 17.2 Å². The highest BCUT2D eigenvalue weighted by molar-refractivity contribution is 7.16. The lowest BCUT2D eigenvalue weighted by molar-refractivity contribution is 0.0794. The summed E-state index contributed by atoms with van der Waals surface area (Å²) < 4.78 is 16.0. The minimum atomic E-state index is -0.439. The van der Waals surface area contributed by atoms with Gasteiger partial charge in [0.15, 0.2) is 0 Å². The van der Waals surface area contributed by atoms with Gasteiger partial charge in [-0.15, -0.1) is 0 Å². The summed E-state index contributed by atoms with van der Waals surface area (Å²) in [4.78, 5) is 5.17. The van der Waals surface area contributed by atoms with Gasteiger partial charge in [-0.3, -0.25) is 4.84 Å². The van der Waals surface area contributed by atoms with Crippen LogP contribution in [0.3, 0.4) is 0 Å². The highest BCUT2D eigenvalue weighted by Gasteiger charge is 2.19. The molecule has 0 aliphatic heterocycles. The quantitative estimate of drug-likeness (QED) is 0.627. The van der Waals surface area contributed by atoms with Gasteiger partial charge in [0.2, 0.25) is 0 Å². The Morgan fingerprint density at radius 3 is 2.23 bits per heavy atom. The smallest absolute Gasteiger partial charge is 0.132 e. The second-order valence-corrected chi connectivity index (χ2v) is 4.84. The number of benzene rings is 2. The lowest BCUT2D eigenvalue weighted by Gasteiger charge is -2.19. The summed E-state index contributed by atoms with van der Waals surface area (Å²) in [7, 11) is 5.72. The van der Waals surface area contributed by atoms with E-state index in [4.69, 9.17) is 24.9 Å². The Morgan fingerprint density at radius 1 is 1.00 bits per heavy atom. The molecular weight excluding hydrogens is 301 g/mol. The zero-order chi connectivity index (χ0) is 15.9. The summed E-state index contributed by atoms with van der Waals surface area (Å²) in [5, 5.41) is 0. The molecule has 2 N–H and O–H groups in total. The van der Waals surface area contributed by atoms with Crippen molar-refractivity contribution in [2.75, 3.05) is 20.6 Å². The molecule has 2 unspecified atom stereocenters. The first kappa shape index (κ1) is 16.6. The van der Waals surface area contributed by atoms with Crippen molar-refractivity contribution < 1.29 is 19.0 Å². The molecule has 0 aliphatic carbocycles. The molecule has 22 heavy (non-hydrogen) atoms. The molecule has 118 valence electrons. The number of nitrogens with two attached hydrogens (primary N) is 1. The molecule has 0 bridgehead atoms. The van der Waals surface area contributed by atoms with Gasteiger partial charge in [0.05, 0.1) is 14.2 Å². The Hall–Kier alpha value is -1.81. The Labute approximate surface area is 132 Å². The maximum atomic E-state index is 5.51. The largest absolute Gasteiger partial charge is 0.497 e. The van der Waals surface area contributed by atoms with Gasteiger partial charge in [-0.2, -0.15) is 0 Å². The van der Waals surface area contributed by atoms with Crippen molar-refractivity contribution in [3.05, 3.63) is 53.6 Å². The van der Waals surface area contributed by atoms with Crippen LogP contribution >= 0.6 is 9.24 Å². The fourth-order valence-electron chi connectivity index (χ4n) is 2.20. The zero-order valence-corrected chi connectivity index (χ0v) is 13.8. The molecule has 0 amide bonds. The van der Waals surface area contributed by atoms with Gasteiger partial charge in [-0.05, 0) is 29.8 Å². The van der Waals surface area contributed by atoms with Crippen molar-refractivity contribution in [1.82, 2.24) is 0 Å². The summed E-state index contributed by atoms with van der Waals surface area (Å²) in [6.07, 6.45) is 0.105. The molecule has 2 rings (SSSR count). The standard InChI is InChI=1S/C16H20NO4P/c1-18-13-7-8-14(15(9-13)19-2)16(21-17)11-3-5-12(6-4-11)20-10-22/h3-9,16H,10,17,22H2,1-2H3. The average Bonchev–Trinajstić information content (AvgIpc) is 2.57. The molecule has 0 fully saturated rings. The van der Waals surface area contributed by atoms with Crippen molar-refractivity contribution in [1.29, 1.82) is 0 Å². The van der Waals surface area contributed by atoms with Crippen LogP contribution in [-0.2, 0) is 4.84 Å². The first-order valence-electron chi connectivity index (χ1n) is 6.73. The second kappa shape index (κ2) is 7.99. The molecule has 6 heteroatoms.